The van der Waals surface area contributed by atoms with Gasteiger partial charge in [0.25, 0.3) is 0 Å². The lowest BCUT2D eigenvalue weighted by atomic mass is 10.1. The number of thiazole rings is 1. The van der Waals surface area contributed by atoms with Crippen molar-refractivity contribution in [3.05, 3.63) is 16.1 Å². The molecule has 0 spiro atoms. The molecule has 132 valence electrons. The van der Waals surface area contributed by atoms with Crippen LogP contribution in [0.1, 0.15) is 37.6 Å². The van der Waals surface area contributed by atoms with Gasteiger partial charge in [-0.15, -0.1) is 35.3 Å². The molecule has 0 aliphatic carbocycles. The van der Waals surface area contributed by atoms with Gasteiger partial charge in [-0.2, -0.15) is 0 Å². The van der Waals surface area contributed by atoms with E-state index in [0.717, 1.165) is 30.6 Å². The van der Waals surface area contributed by atoms with E-state index >= 15 is 0 Å². The zero-order valence-corrected chi connectivity index (χ0v) is 17.9. The Hall–Kier alpha value is -0.410. The molecule has 1 saturated heterocycles. The Morgan fingerprint density at radius 2 is 2.22 bits per heavy atom. The maximum atomic E-state index is 4.71. The van der Waals surface area contributed by atoms with Crippen LogP contribution in [0.2, 0.25) is 0 Å². The van der Waals surface area contributed by atoms with E-state index in [0.29, 0.717) is 24.5 Å². The minimum absolute atomic E-state index is 0. The summed E-state index contributed by atoms with van der Waals surface area (Å²) in [7, 11) is 0. The van der Waals surface area contributed by atoms with Gasteiger partial charge in [0.15, 0.2) is 5.96 Å². The SMILES string of the molecule is CCNC(=NCc1cnc(C)s1)NC1CN(C(C)C)CC1C.I. The van der Waals surface area contributed by atoms with E-state index in [-0.39, 0.29) is 24.0 Å². The van der Waals surface area contributed by atoms with Crippen LogP contribution in [0.25, 0.3) is 0 Å². The normalized spacial score (nSPS) is 22.3. The molecule has 1 aromatic rings. The maximum Gasteiger partial charge on any atom is 0.191 e. The van der Waals surface area contributed by atoms with Crippen molar-refractivity contribution < 1.29 is 0 Å². The Kier molecular flexibility index (Phi) is 8.78. The molecule has 0 saturated carbocycles. The van der Waals surface area contributed by atoms with E-state index in [1.807, 2.05) is 13.1 Å². The first-order chi connectivity index (χ1) is 10.5. The van der Waals surface area contributed by atoms with Gasteiger partial charge < -0.3 is 10.6 Å². The molecular formula is C16H30IN5S. The number of nitrogens with zero attached hydrogens (tertiary/aromatic N) is 3. The van der Waals surface area contributed by atoms with Crippen molar-refractivity contribution in [1.29, 1.82) is 0 Å². The summed E-state index contributed by atoms with van der Waals surface area (Å²) in [5.74, 6) is 1.55. The van der Waals surface area contributed by atoms with E-state index in [1.165, 1.54) is 4.88 Å². The molecule has 2 atom stereocenters. The van der Waals surface area contributed by atoms with E-state index < -0.39 is 0 Å². The van der Waals surface area contributed by atoms with Gasteiger partial charge in [0.05, 0.1) is 11.6 Å². The molecular weight excluding hydrogens is 421 g/mol. The number of nitrogens with one attached hydrogen (secondary N) is 2. The van der Waals surface area contributed by atoms with Crippen LogP contribution in [-0.4, -0.2) is 47.6 Å². The average Bonchev–Trinajstić information content (AvgIpc) is 3.03. The summed E-state index contributed by atoms with van der Waals surface area (Å²) in [4.78, 5) is 12.7. The first-order valence-electron chi connectivity index (χ1n) is 8.19. The largest absolute Gasteiger partial charge is 0.357 e. The third kappa shape index (κ3) is 6.19. The average molecular weight is 451 g/mol. The lowest BCUT2D eigenvalue weighted by Gasteiger charge is -2.21. The van der Waals surface area contributed by atoms with Crippen molar-refractivity contribution in [2.45, 2.75) is 53.2 Å². The minimum Gasteiger partial charge on any atom is -0.357 e. The highest BCUT2D eigenvalue weighted by molar-refractivity contribution is 14.0. The Labute approximate surface area is 161 Å². The molecule has 1 aliphatic heterocycles. The fraction of sp³-hybridized carbons (Fsp3) is 0.750. The van der Waals surface area contributed by atoms with Gasteiger partial charge in [-0.05, 0) is 33.6 Å². The molecule has 1 aliphatic rings. The molecule has 2 rings (SSSR count). The van der Waals surface area contributed by atoms with Crippen molar-refractivity contribution in [2.75, 3.05) is 19.6 Å². The highest BCUT2D eigenvalue weighted by atomic mass is 127. The summed E-state index contributed by atoms with van der Waals surface area (Å²) in [6.07, 6.45) is 1.92. The topological polar surface area (TPSA) is 52.6 Å². The van der Waals surface area contributed by atoms with Crippen LogP contribution in [0.5, 0.6) is 0 Å². The molecule has 7 heteroatoms. The number of aryl methyl sites for hydroxylation is 1. The Morgan fingerprint density at radius 1 is 1.48 bits per heavy atom. The summed E-state index contributed by atoms with van der Waals surface area (Å²) >= 11 is 1.71. The first-order valence-corrected chi connectivity index (χ1v) is 9.01. The predicted octanol–water partition coefficient (Wildman–Crippen LogP) is 2.85. The third-order valence-electron chi connectivity index (χ3n) is 4.10. The molecule has 5 nitrogen and oxygen atoms in total. The van der Waals surface area contributed by atoms with Gasteiger partial charge in [-0.1, -0.05) is 6.92 Å². The van der Waals surface area contributed by atoms with E-state index in [2.05, 4.69) is 48.2 Å². The standard InChI is InChI=1S/C16H29N5S.HI/c1-6-17-16(19-8-14-7-18-13(5)22-14)20-15-10-21(11(2)3)9-12(15)4;/h7,11-12,15H,6,8-10H2,1-5H3,(H2,17,19,20);1H. The van der Waals surface area contributed by atoms with Gasteiger partial charge in [-0.25, -0.2) is 9.98 Å². The van der Waals surface area contributed by atoms with Crippen LogP contribution in [0.4, 0.5) is 0 Å². The highest BCUT2D eigenvalue weighted by Gasteiger charge is 2.31. The number of aromatic nitrogens is 1. The molecule has 0 aromatic carbocycles. The number of likely N-dealkylation sites (tertiary alicyclic amines) is 1. The van der Waals surface area contributed by atoms with Crippen LogP contribution in [0.3, 0.4) is 0 Å². The quantitative estimate of drug-likeness (QED) is 0.411. The van der Waals surface area contributed by atoms with Gasteiger partial charge in [0.2, 0.25) is 0 Å². The predicted molar refractivity (Wildman–Crippen MR) is 110 cm³/mol. The number of halogens is 1. The van der Waals surface area contributed by atoms with Crippen LogP contribution < -0.4 is 10.6 Å². The summed E-state index contributed by atoms with van der Waals surface area (Å²) in [6.45, 7) is 14.8. The zero-order valence-electron chi connectivity index (χ0n) is 14.8. The molecule has 2 unspecified atom stereocenters. The van der Waals surface area contributed by atoms with Crippen molar-refractivity contribution in [2.24, 2.45) is 10.9 Å². The van der Waals surface area contributed by atoms with Crippen molar-refractivity contribution >= 4 is 41.3 Å². The van der Waals surface area contributed by atoms with Gasteiger partial charge in [-0.3, -0.25) is 4.90 Å². The Balaban J connectivity index is 0.00000264. The van der Waals surface area contributed by atoms with Gasteiger partial charge >= 0.3 is 0 Å². The molecule has 23 heavy (non-hydrogen) atoms. The molecule has 2 N–H and O–H groups in total. The Bertz CT molecular complexity index is 502. The van der Waals surface area contributed by atoms with Crippen molar-refractivity contribution in [1.82, 2.24) is 20.5 Å². The number of rotatable bonds is 5. The molecule has 0 amide bonds. The van der Waals surface area contributed by atoms with Crippen molar-refractivity contribution in [3.63, 3.8) is 0 Å². The smallest absolute Gasteiger partial charge is 0.191 e. The van der Waals surface area contributed by atoms with E-state index in [4.69, 9.17) is 4.99 Å². The summed E-state index contributed by atoms with van der Waals surface area (Å²) < 4.78 is 0. The van der Waals surface area contributed by atoms with Gasteiger partial charge in [0, 0.05) is 42.8 Å². The second kappa shape index (κ2) is 9.78. The summed E-state index contributed by atoms with van der Waals surface area (Å²) in [6, 6.07) is 1.07. The van der Waals surface area contributed by atoms with Crippen LogP contribution in [0, 0.1) is 12.8 Å². The fourth-order valence-corrected chi connectivity index (χ4v) is 3.46. The summed E-state index contributed by atoms with van der Waals surface area (Å²) in [5, 5.41) is 8.06. The number of guanidine groups is 1. The van der Waals surface area contributed by atoms with E-state index in [9.17, 15) is 0 Å². The summed E-state index contributed by atoms with van der Waals surface area (Å²) in [5.41, 5.74) is 0. The number of hydrogen-bond acceptors (Lipinski definition) is 4. The second-order valence-electron chi connectivity index (χ2n) is 6.32. The van der Waals surface area contributed by atoms with Crippen LogP contribution in [-0.2, 0) is 6.54 Å². The zero-order chi connectivity index (χ0) is 16.1. The molecule has 2 heterocycles. The monoisotopic (exact) mass is 451 g/mol. The third-order valence-corrected chi connectivity index (χ3v) is 5.00. The van der Waals surface area contributed by atoms with Crippen molar-refractivity contribution in [3.8, 4) is 0 Å². The fourth-order valence-electron chi connectivity index (χ4n) is 2.74. The van der Waals surface area contributed by atoms with Crippen LogP contribution >= 0.6 is 35.3 Å². The lowest BCUT2D eigenvalue weighted by molar-refractivity contribution is 0.265. The van der Waals surface area contributed by atoms with Crippen LogP contribution in [0.15, 0.2) is 11.2 Å². The van der Waals surface area contributed by atoms with E-state index in [1.54, 1.807) is 11.3 Å². The minimum atomic E-state index is 0. The van der Waals surface area contributed by atoms with Gasteiger partial charge in [0.1, 0.15) is 0 Å². The number of aliphatic imine (C=N–C) groups is 1. The maximum absolute atomic E-state index is 4.71. The first kappa shape index (κ1) is 20.6. The molecule has 0 radical (unpaired) electrons. The molecule has 1 fully saturated rings. The highest BCUT2D eigenvalue weighted by Crippen LogP contribution is 2.18. The number of hydrogen-bond donors (Lipinski definition) is 2. The lowest BCUT2D eigenvalue weighted by Crippen LogP contribution is -2.46. The molecule has 0 bridgehead atoms. The Morgan fingerprint density at radius 3 is 2.74 bits per heavy atom. The molecule has 1 aromatic heterocycles. The second-order valence-corrected chi connectivity index (χ2v) is 7.64.